The van der Waals surface area contributed by atoms with Crippen molar-refractivity contribution >= 4 is 30.5 Å². The van der Waals surface area contributed by atoms with Gasteiger partial charge in [-0.05, 0) is 25.7 Å². The number of hydrogen-bond acceptors (Lipinski definition) is 8. The van der Waals surface area contributed by atoms with E-state index in [0.717, 1.165) is 12.8 Å². The Morgan fingerprint density at radius 3 is 2.88 bits per heavy atom. The van der Waals surface area contributed by atoms with Crippen LogP contribution in [0.15, 0.2) is 6.33 Å². The highest BCUT2D eigenvalue weighted by Crippen LogP contribution is 2.44. The first-order chi connectivity index (χ1) is 11.4. The third-order valence-electron chi connectivity index (χ3n) is 4.25. The SMILES string of the molecule is Nc1nc(NC2CC2)c2ncn(C[C@@H]3CC[C@@H](P(=O)([O-])O)O3)c2n1. The Kier molecular flexibility index (Phi) is 3.72. The normalized spacial score (nSPS) is 26.6. The second kappa shape index (κ2) is 5.66. The van der Waals surface area contributed by atoms with Gasteiger partial charge in [-0.3, -0.25) is 0 Å². The lowest BCUT2D eigenvalue weighted by molar-refractivity contribution is -0.204. The first-order valence-electron chi connectivity index (χ1n) is 7.84. The number of imidazole rings is 1. The number of nitrogens with two attached hydrogens (primary N) is 1. The number of aromatic nitrogens is 4. The molecule has 1 aliphatic carbocycles. The Labute approximate surface area is 137 Å². The molecule has 1 aliphatic heterocycles. The zero-order chi connectivity index (χ0) is 16.9. The van der Waals surface area contributed by atoms with Crippen LogP contribution in [0.2, 0.25) is 0 Å². The summed E-state index contributed by atoms with van der Waals surface area (Å²) in [6.45, 7) is 0.381. The molecule has 130 valence electrons. The first-order valence-corrected chi connectivity index (χ1v) is 9.48. The number of anilines is 2. The fraction of sp³-hybridized carbons (Fsp3) is 0.615. The summed E-state index contributed by atoms with van der Waals surface area (Å²) in [4.78, 5) is 33.1. The lowest BCUT2D eigenvalue weighted by atomic mass is 10.2. The summed E-state index contributed by atoms with van der Waals surface area (Å²) in [6, 6.07) is 0.405. The summed E-state index contributed by atoms with van der Waals surface area (Å²) in [5.41, 5.74) is 6.99. The Balaban J connectivity index is 1.57. The van der Waals surface area contributed by atoms with E-state index in [-0.39, 0.29) is 18.5 Å². The summed E-state index contributed by atoms with van der Waals surface area (Å²) in [6.07, 6.45) is 4.28. The maximum Gasteiger partial charge on any atom is 0.224 e. The Morgan fingerprint density at radius 2 is 2.21 bits per heavy atom. The minimum Gasteiger partial charge on any atom is -0.777 e. The van der Waals surface area contributed by atoms with Crippen molar-refractivity contribution in [3.8, 4) is 0 Å². The highest BCUT2D eigenvalue weighted by Gasteiger charge is 2.32. The summed E-state index contributed by atoms with van der Waals surface area (Å²) in [7, 11) is -4.47. The van der Waals surface area contributed by atoms with E-state index in [9.17, 15) is 9.46 Å². The fourth-order valence-electron chi connectivity index (χ4n) is 2.90. The van der Waals surface area contributed by atoms with Crippen molar-refractivity contribution in [3.05, 3.63) is 6.33 Å². The van der Waals surface area contributed by atoms with Crippen molar-refractivity contribution in [1.82, 2.24) is 19.5 Å². The van der Waals surface area contributed by atoms with E-state index in [4.69, 9.17) is 15.4 Å². The zero-order valence-corrected chi connectivity index (χ0v) is 13.7. The van der Waals surface area contributed by atoms with E-state index in [1.807, 2.05) is 0 Å². The molecule has 0 radical (unpaired) electrons. The van der Waals surface area contributed by atoms with Gasteiger partial charge in [-0.2, -0.15) is 9.97 Å². The predicted octanol–water partition coefficient (Wildman–Crippen LogP) is 0.0336. The zero-order valence-electron chi connectivity index (χ0n) is 12.8. The van der Waals surface area contributed by atoms with Crippen molar-refractivity contribution in [1.29, 1.82) is 0 Å². The van der Waals surface area contributed by atoms with Gasteiger partial charge in [-0.1, -0.05) is 0 Å². The topological polar surface area (TPSA) is 151 Å². The van der Waals surface area contributed by atoms with Crippen LogP contribution in [0.1, 0.15) is 25.7 Å². The van der Waals surface area contributed by atoms with E-state index in [2.05, 4.69) is 20.3 Å². The van der Waals surface area contributed by atoms with Crippen LogP contribution in [0.25, 0.3) is 11.2 Å². The number of rotatable bonds is 5. The van der Waals surface area contributed by atoms with Gasteiger partial charge in [-0.25, -0.2) is 4.98 Å². The van der Waals surface area contributed by atoms with Crippen LogP contribution >= 0.6 is 7.60 Å². The Morgan fingerprint density at radius 1 is 1.42 bits per heavy atom. The molecule has 2 aromatic heterocycles. The van der Waals surface area contributed by atoms with Crippen molar-refractivity contribution in [2.24, 2.45) is 0 Å². The standard InChI is InChI=1S/C13H19N6O4P/c14-13-17-11(16-7-1-2-7)10-12(18-13)19(6-15-10)5-8-3-4-9(23-8)24(20,21)22/h6-9H,1-5H2,(H2,20,21,22)(H3,14,16,17,18)/p-1/t8-,9+/m0/s1. The molecule has 1 saturated heterocycles. The van der Waals surface area contributed by atoms with Crippen LogP contribution in [0.3, 0.4) is 0 Å². The van der Waals surface area contributed by atoms with Crippen molar-refractivity contribution in [2.45, 2.75) is 50.2 Å². The van der Waals surface area contributed by atoms with Gasteiger partial charge >= 0.3 is 0 Å². The molecule has 0 bridgehead atoms. The summed E-state index contributed by atoms with van der Waals surface area (Å²) in [5, 5.41) is 3.28. The molecule has 3 atom stereocenters. The third-order valence-corrected chi connectivity index (χ3v) is 5.36. The quantitative estimate of drug-likeness (QED) is 0.632. The molecular formula is C13H18N6O4P-. The number of nitrogens with zero attached hydrogens (tertiary/aromatic N) is 4. The van der Waals surface area contributed by atoms with E-state index in [1.165, 1.54) is 0 Å². The van der Waals surface area contributed by atoms with Gasteiger partial charge < -0.3 is 34.7 Å². The lowest BCUT2D eigenvalue weighted by Crippen LogP contribution is -2.20. The van der Waals surface area contributed by atoms with Gasteiger partial charge in [0.25, 0.3) is 0 Å². The molecule has 10 nitrogen and oxygen atoms in total. The third kappa shape index (κ3) is 3.10. The second-order valence-corrected chi connectivity index (χ2v) is 7.98. The summed E-state index contributed by atoms with van der Waals surface area (Å²) in [5.74, 6) is -0.371. The van der Waals surface area contributed by atoms with Gasteiger partial charge in [0.05, 0.1) is 19.0 Å². The van der Waals surface area contributed by atoms with Crippen molar-refractivity contribution in [2.75, 3.05) is 11.1 Å². The molecule has 24 heavy (non-hydrogen) atoms. The average Bonchev–Trinajstić information content (AvgIpc) is 3.03. The number of ether oxygens (including phenoxy) is 1. The fourth-order valence-corrected chi connectivity index (χ4v) is 3.70. The van der Waals surface area contributed by atoms with Gasteiger partial charge in [0, 0.05) is 6.04 Å². The van der Waals surface area contributed by atoms with Crippen LogP contribution in [-0.2, 0) is 15.8 Å². The van der Waals surface area contributed by atoms with E-state index < -0.39 is 13.4 Å². The van der Waals surface area contributed by atoms with Crippen molar-refractivity contribution < 1.29 is 19.1 Å². The molecule has 3 heterocycles. The molecule has 11 heteroatoms. The summed E-state index contributed by atoms with van der Waals surface area (Å²) >= 11 is 0. The molecule has 2 fully saturated rings. The Hall–Kier alpha value is -1.74. The number of nitrogen functional groups attached to an aromatic ring is 1. The maximum absolute atomic E-state index is 11.2. The molecule has 0 spiro atoms. The predicted molar refractivity (Wildman–Crippen MR) is 84.1 cm³/mol. The summed E-state index contributed by atoms with van der Waals surface area (Å²) < 4.78 is 18.4. The molecule has 4 N–H and O–H groups in total. The molecule has 1 saturated carbocycles. The highest BCUT2D eigenvalue weighted by molar-refractivity contribution is 7.50. The van der Waals surface area contributed by atoms with Gasteiger partial charge in [0.15, 0.2) is 24.6 Å². The number of fused-ring (bicyclic) bond motifs is 1. The number of hydrogen-bond donors (Lipinski definition) is 3. The van der Waals surface area contributed by atoms with Crippen LogP contribution in [0, 0.1) is 0 Å². The molecule has 2 aliphatic rings. The van der Waals surface area contributed by atoms with E-state index in [0.29, 0.717) is 36.0 Å². The molecule has 0 amide bonds. The van der Waals surface area contributed by atoms with Crippen LogP contribution < -0.4 is 15.9 Å². The van der Waals surface area contributed by atoms with Gasteiger partial charge in [0.1, 0.15) is 5.85 Å². The smallest absolute Gasteiger partial charge is 0.224 e. The molecule has 1 unspecified atom stereocenters. The van der Waals surface area contributed by atoms with Gasteiger partial charge in [-0.15, -0.1) is 0 Å². The highest BCUT2D eigenvalue weighted by atomic mass is 31.2. The van der Waals surface area contributed by atoms with E-state index in [1.54, 1.807) is 10.9 Å². The first kappa shape index (κ1) is 15.8. The van der Waals surface area contributed by atoms with Crippen LogP contribution in [0.5, 0.6) is 0 Å². The lowest BCUT2D eigenvalue weighted by Gasteiger charge is -2.23. The van der Waals surface area contributed by atoms with Gasteiger partial charge in [0.2, 0.25) is 5.95 Å². The largest absolute Gasteiger partial charge is 0.777 e. The maximum atomic E-state index is 11.2. The second-order valence-electron chi connectivity index (χ2n) is 6.27. The van der Waals surface area contributed by atoms with Crippen LogP contribution in [-0.4, -0.2) is 42.4 Å². The monoisotopic (exact) mass is 353 g/mol. The van der Waals surface area contributed by atoms with Crippen LogP contribution in [0.4, 0.5) is 11.8 Å². The minimum absolute atomic E-state index is 0.150. The average molecular weight is 353 g/mol. The molecule has 2 aromatic rings. The van der Waals surface area contributed by atoms with Crippen molar-refractivity contribution in [3.63, 3.8) is 0 Å². The minimum atomic E-state index is -4.47. The Bertz CT molecular complexity index is 816. The molecular weight excluding hydrogens is 335 g/mol. The molecule has 4 rings (SSSR count). The molecule has 0 aromatic carbocycles. The van der Waals surface area contributed by atoms with E-state index >= 15 is 0 Å². The number of nitrogens with one attached hydrogen (secondary N) is 1.